The number of rotatable bonds is 0. The predicted molar refractivity (Wildman–Crippen MR) is 160 cm³/mol. The van der Waals surface area contributed by atoms with Crippen LogP contribution in [0.3, 0.4) is 0 Å². The molecule has 0 N–H and O–H groups in total. The summed E-state index contributed by atoms with van der Waals surface area (Å²) in [6, 6.07) is 16.3. The number of hydrogen-bond donors (Lipinski definition) is 0. The van der Waals surface area contributed by atoms with Gasteiger partial charge >= 0.3 is 0 Å². The van der Waals surface area contributed by atoms with Gasteiger partial charge in [0.2, 0.25) is 0 Å². The minimum Gasteiger partial charge on any atom is -0.357 e. The van der Waals surface area contributed by atoms with Gasteiger partial charge in [0.1, 0.15) is 23.3 Å². The molecule has 0 saturated heterocycles. The Balaban J connectivity index is 0.00000300. The molecule has 8 nitrogen and oxygen atoms in total. The molecule has 7 aromatic rings. The Morgan fingerprint density at radius 1 is 0.356 bits per heavy atom. The Morgan fingerprint density at radius 3 is 1.24 bits per heavy atom. The maximum absolute atomic E-state index is 14.5. The Bertz CT molecular complexity index is 2580. The van der Waals surface area contributed by atoms with Crippen LogP contribution in [0.25, 0.3) is 89.7 Å². The predicted octanol–water partition coefficient (Wildman–Crippen LogP) is 6.30. The molecule has 2 aliphatic rings. The molecule has 9 rings (SSSR count). The monoisotopic (exact) mass is 653 g/mol. The standard InChI is InChI=1S/C32H12F4N8.Ga/c33-13-1-5-17-21(9-13)29-37-25(17)41-30-22-10-14(34)2-6-18(22)27(38-30)43-32-24-12-16(36)4-8-20(24)28(40-32)44-31-23-11-15(35)3-7-19(23)26(39-31)42-29;/h1-12H;/q-2;. The van der Waals surface area contributed by atoms with Crippen LogP contribution in [-0.4, -0.2) is 49.7 Å². The van der Waals surface area contributed by atoms with Crippen molar-refractivity contribution in [2.45, 2.75) is 0 Å². The molecule has 0 saturated carbocycles. The number of hydrogen-bond acceptors (Lipinski definition) is 6. The summed E-state index contributed by atoms with van der Waals surface area (Å²) in [4.78, 5) is 36.9. The summed E-state index contributed by atoms with van der Waals surface area (Å²) >= 11 is 0. The van der Waals surface area contributed by atoms with E-state index >= 15 is 0 Å². The number of nitrogens with zero attached hydrogens (tertiary/aromatic N) is 8. The van der Waals surface area contributed by atoms with Crippen LogP contribution >= 0.6 is 0 Å². The number of halogens is 4. The van der Waals surface area contributed by atoms with Gasteiger partial charge in [-0.05, 0) is 82.2 Å². The van der Waals surface area contributed by atoms with Crippen molar-refractivity contribution in [3.63, 3.8) is 0 Å². The topological polar surface area (TPSA) is 106 Å². The van der Waals surface area contributed by atoms with Crippen LogP contribution in [0.1, 0.15) is 0 Å². The van der Waals surface area contributed by atoms with Gasteiger partial charge in [0.05, 0.1) is 11.6 Å². The van der Waals surface area contributed by atoms with E-state index in [9.17, 15) is 17.6 Å². The molecule has 213 valence electrons. The first-order valence-electron chi connectivity index (χ1n) is 13.3. The molecule has 0 unspecified atom stereocenters. The fourth-order valence-corrected chi connectivity index (χ4v) is 5.55. The van der Waals surface area contributed by atoms with Gasteiger partial charge in [-0.15, -0.1) is 0 Å². The van der Waals surface area contributed by atoms with Crippen LogP contribution in [-0.2, 0) is 0 Å². The second-order valence-electron chi connectivity index (χ2n) is 10.2. The van der Waals surface area contributed by atoms with Crippen molar-refractivity contribution in [1.82, 2.24) is 39.9 Å². The Morgan fingerprint density at radius 2 is 0.711 bits per heavy atom. The summed E-state index contributed by atoms with van der Waals surface area (Å²) in [5, 5.41) is 1.64. The molecule has 0 amide bonds. The van der Waals surface area contributed by atoms with Gasteiger partial charge in [-0.3, -0.25) is 0 Å². The molecular formula is C32H12F4GaN8-2. The summed E-state index contributed by atoms with van der Waals surface area (Å²) in [6.07, 6.45) is 0. The van der Waals surface area contributed by atoms with Crippen LogP contribution < -0.4 is 9.97 Å². The van der Waals surface area contributed by atoms with Crippen molar-refractivity contribution < 1.29 is 17.6 Å². The summed E-state index contributed by atoms with van der Waals surface area (Å²) in [7, 11) is 0. The molecular weight excluding hydrogens is 642 g/mol. The number of fused-ring (bicyclic) bond motifs is 20. The summed E-state index contributed by atoms with van der Waals surface area (Å²) < 4.78 is 57.8. The minimum absolute atomic E-state index is 0. The van der Waals surface area contributed by atoms with Crippen molar-refractivity contribution in [1.29, 1.82) is 0 Å². The second-order valence-corrected chi connectivity index (χ2v) is 10.2. The molecule has 3 radical (unpaired) electrons. The Labute approximate surface area is 262 Å². The fraction of sp³-hybridized carbons (Fsp3) is 0. The van der Waals surface area contributed by atoms with Gasteiger partial charge in [0, 0.05) is 64.6 Å². The van der Waals surface area contributed by atoms with Crippen LogP contribution in [0.15, 0.2) is 72.8 Å². The molecule has 13 heteroatoms. The molecule has 3 aromatic heterocycles. The second kappa shape index (κ2) is 9.80. The summed E-state index contributed by atoms with van der Waals surface area (Å²) in [5.74, 6) is -1.51. The van der Waals surface area contributed by atoms with E-state index in [0.717, 1.165) is 0 Å². The van der Waals surface area contributed by atoms with Crippen molar-refractivity contribution in [3.8, 4) is 45.6 Å². The fourth-order valence-electron chi connectivity index (χ4n) is 5.55. The first-order chi connectivity index (χ1) is 21.4. The van der Waals surface area contributed by atoms with Gasteiger partial charge in [0.25, 0.3) is 0 Å². The van der Waals surface area contributed by atoms with E-state index in [1.54, 1.807) is 0 Å². The van der Waals surface area contributed by atoms with Crippen molar-refractivity contribution in [2.24, 2.45) is 0 Å². The van der Waals surface area contributed by atoms with Crippen molar-refractivity contribution >= 4 is 63.9 Å². The third-order valence-corrected chi connectivity index (χ3v) is 7.55. The van der Waals surface area contributed by atoms with Crippen LogP contribution in [0, 0.1) is 23.3 Å². The van der Waals surface area contributed by atoms with E-state index in [-0.39, 0.29) is 65.7 Å². The van der Waals surface area contributed by atoms with E-state index in [1.165, 1.54) is 72.8 Å². The van der Waals surface area contributed by atoms with Gasteiger partial charge in [0.15, 0.2) is 11.6 Å². The third-order valence-electron chi connectivity index (χ3n) is 7.55. The number of aromatic nitrogens is 8. The molecule has 0 aliphatic carbocycles. The Kier molecular flexibility index (Phi) is 5.92. The first kappa shape index (κ1) is 27.2. The minimum atomic E-state index is -0.516. The van der Waals surface area contributed by atoms with Crippen LogP contribution in [0.2, 0.25) is 0 Å². The van der Waals surface area contributed by atoms with Gasteiger partial charge in [-0.25, -0.2) is 32.5 Å². The van der Waals surface area contributed by atoms with Crippen LogP contribution in [0.5, 0.6) is 0 Å². The molecule has 0 spiro atoms. The molecule has 2 aliphatic heterocycles. The van der Waals surface area contributed by atoms with E-state index in [2.05, 4.69) is 39.9 Å². The van der Waals surface area contributed by atoms with Crippen molar-refractivity contribution in [2.75, 3.05) is 0 Å². The molecule has 45 heavy (non-hydrogen) atoms. The molecule has 0 atom stereocenters. The quantitative estimate of drug-likeness (QED) is 0.139. The van der Waals surface area contributed by atoms with Crippen LogP contribution in [0.4, 0.5) is 17.6 Å². The SMILES string of the molecule is Fc1ccc2c(c1)-c1nc3nc(nc4[n-]c(nc5[n-]c(nc-2n1)c1cc(F)ccc51)c1cc(F)ccc41)-c1cc(F)ccc1-3.[Ga]. The van der Waals surface area contributed by atoms with Gasteiger partial charge < -0.3 is 24.9 Å². The first-order valence-corrected chi connectivity index (χ1v) is 13.3. The average molecular weight is 654 g/mol. The zero-order valence-corrected chi connectivity index (χ0v) is 25.0. The summed E-state index contributed by atoms with van der Waals surface area (Å²) in [6.45, 7) is 0. The smallest absolute Gasteiger partial charge is 0.163 e. The molecule has 5 heterocycles. The number of benzene rings is 4. The zero-order valence-electron chi connectivity index (χ0n) is 22.6. The average Bonchev–Trinajstić information content (AvgIpc) is 3.71. The molecule has 0 fully saturated rings. The van der Waals surface area contributed by atoms with E-state index in [0.29, 0.717) is 43.8 Å². The maximum Gasteiger partial charge on any atom is 0.163 e. The maximum atomic E-state index is 14.5. The van der Waals surface area contributed by atoms with Crippen molar-refractivity contribution in [3.05, 3.63) is 96.1 Å². The summed E-state index contributed by atoms with van der Waals surface area (Å²) in [5.41, 5.74) is 2.19. The van der Waals surface area contributed by atoms with Gasteiger partial charge in [-0.2, -0.15) is 0 Å². The zero-order chi connectivity index (χ0) is 29.7. The van der Waals surface area contributed by atoms with Gasteiger partial charge in [-0.1, -0.05) is 12.1 Å². The molecule has 8 bridgehead atoms. The molecule has 4 aromatic carbocycles. The Hall–Kier alpha value is -5.40. The van der Waals surface area contributed by atoms with E-state index in [4.69, 9.17) is 0 Å². The third kappa shape index (κ3) is 4.23. The normalized spacial score (nSPS) is 11.8. The van der Waals surface area contributed by atoms with E-state index in [1.807, 2.05) is 0 Å². The van der Waals surface area contributed by atoms with E-state index < -0.39 is 23.3 Å². The largest absolute Gasteiger partial charge is 0.357 e.